The van der Waals surface area contributed by atoms with E-state index < -0.39 is 0 Å². The van der Waals surface area contributed by atoms with Crippen molar-refractivity contribution in [2.45, 2.75) is 38.8 Å². The molecule has 1 saturated heterocycles. The molecule has 0 radical (unpaired) electrons. The predicted molar refractivity (Wildman–Crippen MR) is 97.5 cm³/mol. The van der Waals surface area contributed by atoms with Crippen molar-refractivity contribution in [1.82, 2.24) is 4.90 Å². The molecule has 0 saturated carbocycles. The standard InChI is InChI=1S/C19H22N2O2S/c1-13(21-11-3-5-17(21)18-6-4-12-24-18)19(23)15-7-9-16(10-8-15)20-14(2)22/h4,6-10,12-13,17H,3,5,11H2,1-2H3,(H,20,22)/t13-,17+/m1/s1. The van der Waals surface area contributed by atoms with Crippen molar-refractivity contribution in [3.63, 3.8) is 0 Å². The molecule has 5 heteroatoms. The molecule has 0 spiro atoms. The molecule has 2 aromatic rings. The van der Waals surface area contributed by atoms with Gasteiger partial charge in [-0.15, -0.1) is 11.3 Å². The monoisotopic (exact) mass is 342 g/mol. The van der Waals surface area contributed by atoms with E-state index in [1.54, 1.807) is 35.6 Å². The van der Waals surface area contributed by atoms with Gasteiger partial charge in [-0.05, 0) is 62.0 Å². The molecule has 1 fully saturated rings. The van der Waals surface area contributed by atoms with Crippen LogP contribution in [0.3, 0.4) is 0 Å². The number of nitrogens with one attached hydrogen (secondary N) is 1. The molecule has 1 N–H and O–H groups in total. The van der Waals surface area contributed by atoms with Gasteiger partial charge in [0.25, 0.3) is 0 Å². The third-order valence-electron chi connectivity index (χ3n) is 4.53. The highest BCUT2D eigenvalue weighted by molar-refractivity contribution is 7.10. The lowest BCUT2D eigenvalue weighted by Gasteiger charge is -2.29. The van der Waals surface area contributed by atoms with E-state index in [0.29, 0.717) is 17.3 Å². The van der Waals surface area contributed by atoms with Crippen molar-refractivity contribution < 1.29 is 9.59 Å². The number of Topliss-reactive ketones (excluding diaryl/α,β-unsaturated/α-hetero) is 1. The first-order valence-corrected chi connectivity index (χ1v) is 9.15. The summed E-state index contributed by atoms with van der Waals surface area (Å²) in [5.41, 5.74) is 1.40. The highest BCUT2D eigenvalue weighted by atomic mass is 32.1. The fraction of sp³-hybridized carbons (Fsp3) is 0.368. The minimum absolute atomic E-state index is 0.113. The molecule has 1 aliphatic heterocycles. The maximum atomic E-state index is 12.9. The number of anilines is 1. The highest BCUT2D eigenvalue weighted by Gasteiger charge is 2.33. The average molecular weight is 342 g/mol. The second-order valence-electron chi connectivity index (χ2n) is 6.21. The SMILES string of the molecule is CC(=O)Nc1ccc(C(=O)[C@@H](C)N2CCC[C@H]2c2cccs2)cc1. The molecule has 1 aliphatic rings. The van der Waals surface area contributed by atoms with Gasteiger partial charge in [0.2, 0.25) is 5.91 Å². The Hall–Kier alpha value is -1.98. The highest BCUT2D eigenvalue weighted by Crippen LogP contribution is 2.36. The maximum Gasteiger partial charge on any atom is 0.221 e. The fourth-order valence-electron chi connectivity index (χ4n) is 3.35. The van der Waals surface area contributed by atoms with Gasteiger partial charge >= 0.3 is 0 Å². The molecule has 1 aromatic heterocycles. The van der Waals surface area contributed by atoms with Gasteiger partial charge in [0.15, 0.2) is 5.78 Å². The lowest BCUT2D eigenvalue weighted by molar-refractivity contribution is -0.114. The molecule has 126 valence electrons. The Balaban J connectivity index is 1.73. The lowest BCUT2D eigenvalue weighted by Crippen LogP contribution is -2.38. The van der Waals surface area contributed by atoms with Crippen LogP contribution in [0.4, 0.5) is 5.69 Å². The number of nitrogens with zero attached hydrogens (tertiary/aromatic N) is 1. The number of ketones is 1. The van der Waals surface area contributed by atoms with Crippen LogP contribution >= 0.6 is 11.3 Å². The van der Waals surface area contributed by atoms with E-state index in [9.17, 15) is 9.59 Å². The second-order valence-corrected chi connectivity index (χ2v) is 7.19. The van der Waals surface area contributed by atoms with Crippen LogP contribution in [0.1, 0.15) is 48.0 Å². The number of hydrogen-bond donors (Lipinski definition) is 1. The van der Waals surface area contributed by atoms with Gasteiger partial charge in [0.05, 0.1) is 6.04 Å². The molecule has 0 bridgehead atoms. The smallest absolute Gasteiger partial charge is 0.221 e. The molecule has 1 amide bonds. The molecular weight excluding hydrogens is 320 g/mol. The first kappa shape index (κ1) is 16.9. The Bertz CT molecular complexity index is 709. The van der Waals surface area contributed by atoms with Crippen LogP contribution in [0.15, 0.2) is 41.8 Å². The second kappa shape index (κ2) is 7.28. The summed E-state index contributed by atoms with van der Waals surface area (Å²) in [5, 5.41) is 4.82. The molecule has 24 heavy (non-hydrogen) atoms. The van der Waals surface area contributed by atoms with Crippen molar-refractivity contribution in [1.29, 1.82) is 0 Å². The minimum atomic E-state index is -0.147. The van der Waals surface area contributed by atoms with Crippen LogP contribution in [-0.4, -0.2) is 29.2 Å². The quantitative estimate of drug-likeness (QED) is 0.832. The summed E-state index contributed by atoms with van der Waals surface area (Å²) in [4.78, 5) is 27.6. The number of benzene rings is 1. The first-order chi connectivity index (χ1) is 11.6. The summed E-state index contributed by atoms with van der Waals surface area (Å²) in [7, 11) is 0. The Morgan fingerprint density at radius 2 is 2.00 bits per heavy atom. The molecular formula is C19H22N2O2S. The molecule has 3 rings (SSSR count). The molecule has 2 atom stereocenters. The van der Waals surface area contributed by atoms with E-state index in [1.807, 2.05) is 6.92 Å². The third-order valence-corrected chi connectivity index (χ3v) is 5.51. The summed E-state index contributed by atoms with van der Waals surface area (Å²) in [6, 6.07) is 11.6. The number of likely N-dealkylation sites (tertiary alicyclic amines) is 1. The van der Waals surface area contributed by atoms with E-state index >= 15 is 0 Å². The largest absolute Gasteiger partial charge is 0.326 e. The summed E-state index contributed by atoms with van der Waals surface area (Å²) in [5.74, 6) is 0.0196. The summed E-state index contributed by atoms with van der Waals surface area (Å²) >= 11 is 1.76. The molecule has 1 aromatic carbocycles. The Morgan fingerprint density at radius 1 is 1.25 bits per heavy atom. The first-order valence-electron chi connectivity index (χ1n) is 8.27. The molecule has 0 aliphatic carbocycles. The van der Waals surface area contributed by atoms with Gasteiger partial charge in [0.1, 0.15) is 0 Å². The van der Waals surface area contributed by atoms with E-state index in [0.717, 1.165) is 19.4 Å². The number of carbonyl (C=O) groups excluding carboxylic acids is 2. The van der Waals surface area contributed by atoms with Gasteiger partial charge in [0, 0.05) is 29.1 Å². The van der Waals surface area contributed by atoms with Crippen molar-refractivity contribution in [2.24, 2.45) is 0 Å². The van der Waals surface area contributed by atoms with E-state index in [2.05, 4.69) is 27.7 Å². The normalized spacial score (nSPS) is 19.2. The minimum Gasteiger partial charge on any atom is -0.326 e. The van der Waals surface area contributed by atoms with Gasteiger partial charge in [-0.2, -0.15) is 0 Å². The maximum absolute atomic E-state index is 12.9. The lowest BCUT2D eigenvalue weighted by atomic mass is 10.0. The van der Waals surface area contributed by atoms with Gasteiger partial charge in [-0.3, -0.25) is 14.5 Å². The van der Waals surface area contributed by atoms with E-state index in [-0.39, 0.29) is 17.7 Å². The molecule has 4 nitrogen and oxygen atoms in total. The molecule has 2 heterocycles. The predicted octanol–water partition coefficient (Wildman–Crippen LogP) is 4.11. The van der Waals surface area contributed by atoms with Crippen LogP contribution in [-0.2, 0) is 4.79 Å². The number of rotatable bonds is 5. The Labute approximate surface area is 146 Å². The van der Waals surface area contributed by atoms with Crippen molar-refractivity contribution in [3.8, 4) is 0 Å². The van der Waals surface area contributed by atoms with Crippen molar-refractivity contribution in [3.05, 3.63) is 52.2 Å². The zero-order valence-corrected chi connectivity index (χ0v) is 14.8. The van der Waals surface area contributed by atoms with Crippen LogP contribution in [0.25, 0.3) is 0 Å². The summed E-state index contributed by atoms with van der Waals surface area (Å²) in [6.07, 6.45) is 2.24. The number of hydrogen-bond acceptors (Lipinski definition) is 4. The number of carbonyl (C=O) groups is 2. The zero-order valence-electron chi connectivity index (χ0n) is 14.0. The topological polar surface area (TPSA) is 49.4 Å². The third kappa shape index (κ3) is 3.57. The van der Waals surface area contributed by atoms with Crippen molar-refractivity contribution >= 4 is 28.7 Å². The van der Waals surface area contributed by atoms with Crippen LogP contribution < -0.4 is 5.32 Å². The Kier molecular flexibility index (Phi) is 5.11. The van der Waals surface area contributed by atoms with Gasteiger partial charge in [-0.1, -0.05) is 6.07 Å². The van der Waals surface area contributed by atoms with Crippen LogP contribution in [0, 0.1) is 0 Å². The van der Waals surface area contributed by atoms with Gasteiger partial charge in [-0.25, -0.2) is 0 Å². The Morgan fingerprint density at radius 3 is 2.62 bits per heavy atom. The van der Waals surface area contributed by atoms with Gasteiger partial charge < -0.3 is 5.32 Å². The van der Waals surface area contributed by atoms with Crippen LogP contribution in [0.2, 0.25) is 0 Å². The van der Waals surface area contributed by atoms with E-state index in [1.165, 1.54) is 11.8 Å². The average Bonchev–Trinajstić information content (AvgIpc) is 3.24. The van der Waals surface area contributed by atoms with E-state index in [4.69, 9.17) is 0 Å². The zero-order chi connectivity index (χ0) is 17.1. The number of thiophene rings is 1. The van der Waals surface area contributed by atoms with Crippen molar-refractivity contribution in [2.75, 3.05) is 11.9 Å². The molecule has 0 unspecified atom stereocenters. The summed E-state index contributed by atoms with van der Waals surface area (Å²) < 4.78 is 0. The fourth-order valence-corrected chi connectivity index (χ4v) is 4.23. The van der Waals surface area contributed by atoms with Crippen LogP contribution in [0.5, 0.6) is 0 Å². The summed E-state index contributed by atoms with van der Waals surface area (Å²) in [6.45, 7) is 4.43. The number of amides is 1.